The summed E-state index contributed by atoms with van der Waals surface area (Å²) in [6.45, 7) is 0. The molecule has 74 valence electrons. The van der Waals surface area contributed by atoms with Gasteiger partial charge in [-0.3, -0.25) is 14.9 Å². The van der Waals surface area contributed by atoms with Gasteiger partial charge >= 0.3 is 0 Å². The van der Waals surface area contributed by atoms with E-state index in [4.69, 9.17) is 5.73 Å². The summed E-state index contributed by atoms with van der Waals surface area (Å²) in [6.07, 6.45) is 0. The van der Waals surface area contributed by atoms with Crippen LogP contribution < -0.4 is 5.73 Å². The predicted octanol–water partition coefficient (Wildman–Crippen LogP) is 1.59. The molecule has 5 nitrogen and oxygen atoms in total. The number of nitrogens with zero attached hydrogens (tertiary/aromatic N) is 1. The molecule has 1 aromatic rings. The minimum Gasteiger partial charge on any atom is -0.365 e. The summed E-state index contributed by atoms with van der Waals surface area (Å²) >= 11 is 3.18. The summed E-state index contributed by atoms with van der Waals surface area (Å²) in [5.74, 6) is -0.792. The fourth-order valence-electron chi connectivity index (χ4n) is 1.02. The quantitative estimate of drug-likeness (QED) is 0.508. The van der Waals surface area contributed by atoms with Gasteiger partial charge in [-0.2, -0.15) is 0 Å². The maximum atomic E-state index is 10.9. The molecule has 2 N–H and O–H groups in total. The fraction of sp³-hybridized carbons (Fsp3) is 0.125. The Bertz CT molecular complexity index is 392. The van der Waals surface area contributed by atoms with E-state index in [-0.39, 0.29) is 11.3 Å². The molecule has 0 saturated carbocycles. The number of rotatable bonds is 3. The summed E-state index contributed by atoms with van der Waals surface area (Å²) in [5, 5.41) is 11.0. The first-order valence-corrected chi connectivity index (χ1v) is 4.81. The largest absolute Gasteiger partial charge is 0.365 e. The molecule has 0 radical (unpaired) electrons. The number of nitro groups is 1. The van der Waals surface area contributed by atoms with Crippen molar-refractivity contribution in [2.24, 2.45) is 5.73 Å². The van der Waals surface area contributed by atoms with Crippen LogP contribution in [0, 0.1) is 10.1 Å². The van der Waals surface area contributed by atoms with E-state index in [0.717, 1.165) is 5.56 Å². The summed E-state index contributed by atoms with van der Waals surface area (Å²) < 4.78 is 0. The van der Waals surface area contributed by atoms with Crippen molar-refractivity contribution in [1.29, 1.82) is 0 Å². The highest BCUT2D eigenvalue weighted by Gasteiger charge is 2.17. The molecule has 6 heteroatoms. The molecule has 0 saturated heterocycles. The zero-order valence-electron chi connectivity index (χ0n) is 7.07. The van der Waals surface area contributed by atoms with Crippen LogP contribution in [0.15, 0.2) is 18.2 Å². The molecule has 1 amide bonds. The van der Waals surface area contributed by atoms with Crippen molar-refractivity contribution in [1.82, 2.24) is 0 Å². The predicted molar refractivity (Wildman–Crippen MR) is 54.2 cm³/mol. The lowest BCUT2D eigenvalue weighted by Gasteiger charge is -2.00. The van der Waals surface area contributed by atoms with E-state index in [0.29, 0.717) is 5.33 Å². The summed E-state index contributed by atoms with van der Waals surface area (Å²) in [4.78, 5) is 20.8. The monoisotopic (exact) mass is 258 g/mol. The van der Waals surface area contributed by atoms with Gasteiger partial charge < -0.3 is 5.73 Å². The molecule has 1 rings (SSSR count). The number of carbonyl (C=O) groups excluding carboxylic acids is 1. The van der Waals surface area contributed by atoms with Crippen molar-refractivity contribution < 1.29 is 9.72 Å². The molecule has 0 unspecified atom stereocenters. The number of amides is 1. The SMILES string of the molecule is NC(=O)c1cc(CBr)ccc1[N+](=O)[O-]. The second-order valence-corrected chi connectivity index (χ2v) is 3.17. The number of nitro benzene ring substituents is 1. The van der Waals surface area contributed by atoms with E-state index >= 15 is 0 Å². The van der Waals surface area contributed by atoms with Gasteiger partial charge in [0.05, 0.1) is 4.92 Å². The minimum atomic E-state index is -0.792. The van der Waals surface area contributed by atoms with Crippen LogP contribution in [-0.4, -0.2) is 10.8 Å². The number of hydrogen-bond acceptors (Lipinski definition) is 3. The van der Waals surface area contributed by atoms with Gasteiger partial charge in [-0.15, -0.1) is 0 Å². The van der Waals surface area contributed by atoms with Crippen LogP contribution in [0.25, 0.3) is 0 Å². The van der Waals surface area contributed by atoms with Gasteiger partial charge in [-0.1, -0.05) is 22.0 Å². The standard InChI is InChI=1S/C8H7BrN2O3/c9-4-5-1-2-7(11(13)14)6(3-5)8(10)12/h1-3H,4H2,(H2,10,12). The molecule has 0 aliphatic carbocycles. The van der Waals surface area contributed by atoms with E-state index in [1.807, 2.05) is 0 Å². The average Bonchev–Trinajstić information content (AvgIpc) is 2.16. The van der Waals surface area contributed by atoms with Crippen LogP contribution in [0.3, 0.4) is 0 Å². The van der Waals surface area contributed by atoms with Crippen molar-refractivity contribution in [3.8, 4) is 0 Å². The van der Waals surface area contributed by atoms with Crippen LogP contribution in [-0.2, 0) is 5.33 Å². The number of benzene rings is 1. The van der Waals surface area contributed by atoms with Gasteiger partial charge in [0.25, 0.3) is 11.6 Å². The summed E-state index contributed by atoms with van der Waals surface area (Å²) in [7, 11) is 0. The molecule has 14 heavy (non-hydrogen) atoms. The maximum absolute atomic E-state index is 10.9. The summed E-state index contributed by atoms with van der Waals surface area (Å²) in [5.41, 5.74) is 5.46. The molecule has 0 atom stereocenters. The lowest BCUT2D eigenvalue weighted by molar-refractivity contribution is -0.385. The van der Waals surface area contributed by atoms with Gasteiger partial charge in [0.15, 0.2) is 0 Å². The Hall–Kier alpha value is -1.43. The van der Waals surface area contributed by atoms with Crippen LogP contribution in [0.5, 0.6) is 0 Å². The molecular formula is C8H7BrN2O3. The second kappa shape index (κ2) is 4.19. The molecule has 0 aliphatic rings. The van der Waals surface area contributed by atoms with Crippen LogP contribution in [0.1, 0.15) is 15.9 Å². The molecular weight excluding hydrogens is 252 g/mol. The molecule has 1 aromatic carbocycles. The molecule has 0 aliphatic heterocycles. The molecule has 0 bridgehead atoms. The number of carbonyl (C=O) groups is 1. The van der Waals surface area contributed by atoms with Gasteiger partial charge in [-0.05, 0) is 11.6 Å². The lowest BCUT2D eigenvalue weighted by Crippen LogP contribution is -2.13. The van der Waals surface area contributed by atoms with Gasteiger partial charge in [0.1, 0.15) is 5.56 Å². The molecule has 0 aromatic heterocycles. The number of primary amides is 1. The van der Waals surface area contributed by atoms with E-state index in [2.05, 4.69) is 15.9 Å². The van der Waals surface area contributed by atoms with E-state index in [1.54, 1.807) is 6.07 Å². The van der Waals surface area contributed by atoms with Crippen molar-refractivity contribution >= 4 is 27.5 Å². The average molecular weight is 259 g/mol. The van der Waals surface area contributed by atoms with Crippen LogP contribution in [0.2, 0.25) is 0 Å². The first-order valence-electron chi connectivity index (χ1n) is 3.69. The third-order valence-electron chi connectivity index (χ3n) is 1.68. The van der Waals surface area contributed by atoms with Crippen LogP contribution in [0.4, 0.5) is 5.69 Å². The van der Waals surface area contributed by atoms with Crippen molar-refractivity contribution in [3.05, 3.63) is 39.4 Å². The third-order valence-corrected chi connectivity index (χ3v) is 2.32. The number of halogens is 1. The van der Waals surface area contributed by atoms with Crippen LogP contribution >= 0.6 is 15.9 Å². The van der Waals surface area contributed by atoms with E-state index in [9.17, 15) is 14.9 Å². The highest BCUT2D eigenvalue weighted by Crippen LogP contribution is 2.20. The fourth-order valence-corrected chi connectivity index (χ4v) is 1.37. The zero-order valence-corrected chi connectivity index (χ0v) is 8.65. The smallest absolute Gasteiger partial charge is 0.282 e. The lowest BCUT2D eigenvalue weighted by atomic mass is 10.1. The van der Waals surface area contributed by atoms with Crippen molar-refractivity contribution in [2.75, 3.05) is 0 Å². The Balaban J connectivity index is 3.31. The van der Waals surface area contributed by atoms with Gasteiger partial charge in [0.2, 0.25) is 0 Å². The maximum Gasteiger partial charge on any atom is 0.282 e. The van der Waals surface area contributed by atoms with E-state index < -0.39 is 10.8 Å². The first kappa shape index (κ1) is 10.6. The Morgan fingerprint density at radius 2 is 2.21 bits per heavy atom. The van der Waals surface area contributed by atoms with Crippen molar-refractivity contribution in [3.63, 3.8) is 0 Å². The number of alkyl halides is 1. The first-order chi connectivity index (χ1) is 6.56. The number of nitrogens with two attached hydrogens (primary N) is 1. The van der Waals surface area contributed by atoms with Crippen molar-refractivity contribution in [2.45, 2.75) is 5.33 Å². The zero-order chi connectivity index (χ0) is 10.7. The highest BCUT2D eigenvalue weighted by atomic mass is 79.9. The Labute approximate surface area is 88.2 Å². The topological polar surface area (TPSA) is 86.2 Å². The molecule has 0 fully saturated rings. The minimum absolute atomic E-state index is 0.0630. The third kappa shape index (κ3) is 2.08. The van der Waals surface area contributed by atoms with E-state index in [1.165, 1.54) is 12.1 Å². The Morgan fingerprint density at radius 1 is 1.57 bits per heavy atom. The van der Waals surface area contributed by atoms with Gasteiger partial charge in [-0.25, -0.2) is 0 Å². The molecule has 0 spiro atoms. The second-order valence-electron chi connectivity index (χ2n) is 2.61. The highest BCUT2D eigenvalue weighted by molar-refractivity contribution is 9.08. The number of hydrogen-bond donors (Lipinski definition) is 1. The molecule has 0 heterocycles. The Kier molecular flexibility index (Phi) is 3.19. The summed E-state index contributed by atoms with van der Waals surface area (Å²) in [6, 6.07) is 4.26. The normalized spacial score (nSPS) is 9.79. The van der Waals surface area contributed by atoms with Gasteiger partial charge in [0, 0.05) is 11.4 Å². The Morgan fingerprint density at radius 3 is 2.64 bits per heavy atom.